The molecular formula is C16H13N3O. The van der Waals surface area contributed by atoms with Gasteiger partial charge in [-0.2, -0.15) is 0 Å². The Labute approximate surface area is 116 Å². The number of aryl methyl sites for hydroxylation is 1. The number of carbonyl (C=O) groups is 1. The van der Waals surface area contributed by atoms with Crippen LogP contribution in [0.2, 0.25) is 0 Å². The third-order valence-electron chi connectivity index (χ3n) is 3.08. The van der Waals surface area contributed by atoms with E-state index in [0.29, 0.717) is 11.3 Å². The molecule has 4 nitrogen and oxygen atoms in total. The monoisotopic (exact) mass is 263 g/mol. The molecule has 3 aromatic rings. The Balaban J connectivity index is 1.97. The summed E-state index contributed by atoms with van der Waals surface area (Å²) in [6.07, 6.45) is 3.40. The number of benzene rings is 1. The van der Waals surface area contributed by atoms with Gasteiger partial charge < -0.3 is 5.32 Å². The Bertz CT molecular complexity index is 769. The molecule has 1 amide bonds. The molecule has 0 unspecified atom stereocenters. The molecule has 0 atom stereocenters. The Morgan fingerprint density at radius 1 is 1.15 bits per heavy atom. The quantitative estimate of drug-likeness (QED) is 0.772. The molecule has 0 aliphatic rings. The van der Waals surface area contributed by atoms with E-state index < -0.39 is 0 Å². The largest absolute Gasteiger partial charge is 0.322 e. The lowest BCUT2D eigenvalue weighted by Gasteiger charge is -2.08. The number of pyridine rings is 2. The van der Waals surface area contributed by atoms with Crippen LogP contribution in [0.25, 0.3) is 10.9 Å². The third kappa shape index (κ3) is 2.36. The third-order valence-corrected chi connectivity index (χ3v) is 3.08. The van der Waals surface area contributed by atoms with Crippen molar-refractivity contribution in [1.82, 2.24) is 9.97 Å². The van der Waals surface area contributed by atoms with Crippen molar-refractivity contribution in [3.05, 3.63) is 66.1 Å². The lowest BCUT2D eigenvalue weighted by Crippen LogP contribution is -2.14. The first-order valence-corrected chi connectivity index (χ1v) is 6.32. The van der Waals surface area contributed by atoms with Gasteiger partial charge in [-0.1, -0.05) is 18.2 Å². The lowest BCUT2D eigenvalue weighted by molar-refractivity contribution is 0.102. The van der Waals surface area contributed by atoms with Crippen molar-refractivity contribution in [3.8, 4) is 0 Å². The maximum absolute atomic E-state index is 12.3. The molecule has 0 spiro atoms. The minimum absolute atomic E-state index is 0.160. The number of hydrogen-bond acceptors (Lipinski definition) is 3. The van der Waals surface area contributed by atoms with E-state index in [1.165, 1.54) is 0 Å². The van der Waals surface area contributed by atoms with Crippen LogP contribution >= 0.6 is 0 Å². The number of hydrogen-bond donors (Lipinski definition) is 1. The Morgan fingerprint density at radius 2 is 1.95 bits per heavy atom. The molecule has 2 aromatic heterocycles. The molecule has 4 heteroatoms. The average Bonchev–Trinajstić information content (AvgIpc) is 2.47. The standard InChI is InChI=1S/C16H13N3O/c1-11-14(9-12-10-17-8-7-15(12)18-11)16(20)19-13-5-3-2-4-6-13/h2-10H,1H3,(H,19,20). The van der Waals surface area contributed by atoms with Gasteiger partial charge in [0.15, 0.2) is 0 Å². The molecule has 1 N–H and O–H groups in total. The summed E-state index contributed by atoms with van der Waals surface area (Å²) in [5.74, 6) is -0.160. The Morgan fingerprint density at radius 3 is 2.75 bits per heavy atom. The zero-order valence-electron chi connectivity index (χ0n) is 11.0. The van der Waals surface area contributed by atoms with Crippen molar-refractivity contribution in [1.29, 1.82) is 0 Å². The summed E-state index contributed by atoms with van der Waals surface area (Å²) in [5.41, 5.74) is 2.88. The lowest BCUT2D eigenvalue weighted by atomic mass is 10.1. The number of fused-ring (bicyclic) bond motifs is 1. The van der Waals surface area contributed by atoms with Gasteiger partial charge in [0.1, 0.15) is 0 Å². The predicted molar refractivity (Wildman–Crippen MR) is 78.7 cm³/mol. The topological polar surface area (TPSA) is 54.9 Å². The molecule has 0 fully saturated rings. The first-order valence-electron chi connectivity index (χ1n) is 6.32. The van der Waals surface area contributed by atoms with E-state index in [9.17, 15) is 4.79 Å². The van der Waals surface area contributed by atoms with Crippen LogP contribution in [0.1, 0.15) is 16.1 Å². The fraction of sp³-hybridized carbons (Fsp3) is 0.0625. The van der Waals surface area contributed by atoms with Crippen molar-refractivity contribution in [2.24, 2.45) is 0 Å². The van der Waals surface area contributed by atoms with Crippen LogP contribution in [0, 0.1) is 6.92 Å². The fourth-order valence-corrected chi connectivity index (χ4v) is 2.06. The second kappa shape index (κ2) is 5.09. The molecule has 1 aromatic carbocycles. The molecular weight excluding hydrogens is 250 g/mol. The predicted octanol–water partition coefficient (Wildman–Crippen LogP) is 3.19. The maximum atomic E-state index is 12.3. The van der Waals surface area contributed by atoms with E-state index >= 15 is 0 Å². The van der Waals surface area contributed by atoms with Crippen molar-refractivity contribution in [2.45, 2.75) is 6.92 Å². The van der Waals surface area contributed by atoms with Crippen LogP contribution in [0.4, 0.5) is 5.69 Å². The number of nitrogens with one attached hydrogen (secondary N) is 1. The molecule has 98 valence electrons. The summed E-state index contributed by atoms with van der Waals surface area (Å²) in [7, 11) is 0. The summed E-state index contributed by atoms with van der Waals surface area (Å²) in [6, 6.07) is 13.0. The number of nitrogens with zero attached hydrogens (tertiary/aromatic N) is 2. The second-order valence-corrected chi connectivity index (χ2v) is 4.51. The molecule has 0 saturated carbocycles. The van der Waals surface area contributed by atoms with E-state index in [1.807, 2.05) is 49.4 Å². The average molecular weight is 263 g/mol. The molecule has 0 aliphatic heterocycles. The molecule has 0 radical (unpaired) electrons. The second-order valence-electron chi connectivity index (χ2n) is 4.51. The van der Waals surface area contributed by atoms with Gasteiger partial charge in [-0.15, -0.1) is 0 Å². The molecule has 3 rings (SSSR count). The summed E-state index contributed by atoms with van der Waals surface area (Å²) in [4.78, 5) is 20.8. The first-order chi connectivity index (χ1) is 9.74. The number of carbonyl (C=O) groups excluding carboxylic acids is 1. The highest BCUT2D eigenvalue weighted by Crippen LogP contribution is 2.17. The van der Waals surface area contributed by atoms with E-state index in [2.05, 4.69) is 15.3 Å². The zero-order chi connectivity index (χ0) is 13.9. The highest BCUT2D eigenvalue weighted by Gasteiger charge is 2.11. The van der Waals surface area contributed by atoms with Gasteiger partial charge in [-0.3, -0.25) is 14.8 Å². The van der Waals surface area contributed by atoms with Crippen LogP contribution in [-0.2, 0) is 0 Å². The normalized spacial score (nSPS) is 10.4. The molecule has 0 bridgehead atoms. The van der Waals surface area contributed by atoms with Gasteiger partial charge in [-0.25, -0.2) is 0 Å². The van der Waals surface area contributed by atoms with Gasteiger partial charge in [-0.05, 0) is 31.2 Å². The van der Waals surface area contributed by atoms with Crippen molar-refractivity contribution in [3.63, 3.8) is 0 Å². The van der Waals surface area contributed by atoms with Gasteiger partial charge >= 0.3 is 0 Å². The number of rotatable bonds is 2. The minimum atomic E-state index is -0.160. The van der Waals surface area contributed by atoms with Gasteiger partial charge in [0.2, 0.25) is 0 Å². The summed E-state index contributed by atoms with van der Waals surface area (Å²) < 4.78 is 0. The number of amides is 1. The number of aromatic nitrogens is 2. The van der Waals surface area contributed by atoms with E-state index in [1.54, 1.807) is 12.4 Å². The maximum Gasteiger partial charge on any atom is 0.257 e. The van der Waals surface area contributed by atoms with Crippen molar-refractivity contribution >= 4 is 22.5 Å². The Kier molecular flexibility index (Phi) is 3.13. The van der Waals surface area contributed by atoms with Crippen molar-refractivity contribution in [2.75, 3.05) is 5.32 Å². The smallest absolute Gasteiger partial charge is 0.257 e. The highest BCUT2D eigenvalue weighted by atomic mass is 16.1. The van der Waals surface area contributed by atoms with Crippen LogP contribution < -0.4 is 5.32 Å². The van der Waals surface area contributed by atoms with Crippen molar-refractivity contribution < 1.29 is 4.79 Å². The van der Waals surface area contributed by atoms with Crippen LogP contribution in [-0.4, -0.2) is 15.9 Å². The van der Waals surface area contributed by atoms with Gasteiger partial charge in [0, 0.05) is 23.5 Å². The Hall–Kier alpha value is -2.75. The van der Waals surface area contributed by atoms with Crippen LogP contribution in [0.15, 0.2) is 54.9 Å². The fourth-order valence-electron chi connectivity index (χ4n) is 2.06. The summed E-state index contributed by atoms with van der Waals surface area (Å²) >= 11 is 0. The zero-order valence-corrected chi connectivity index (χ0v) is 11.0. The van der Waals surface area contributed by atoms with Gasteiger partial charge in [0.05, 0.1) is 16.8 Å². The van der Waals surface area contributed by atoms with Crippen LogP contribution in [0.5, 0.6) is 0 Å². The van der Waals surface area contributed by atoms with E-state index in [0.717, 1.165) is 16.6 Å². The van der Waals surface area contributed by atoms with Gasteiger partial charge in [0.25, 0.3) is 5.91 Å². The first kappa shape index (κ1) is 12.3. The molecule has 0 saturated heterocycles. The van der Waals surface area contributed by atoms with Crippen LogP contribution in [0.3, 0.4) is 0 Å². The molecule has 20 heavy (non-hydrogen) atoms. The summed E-state index contributed by atoms with van der Waals surface area (Å²) in [5, 5.41) is 3.72. The SMILES string of the molecule is Cc1nc2ccncc2cc1C(=O)Nc1ccccc1. The molecule has 2 heterocycles. The summed E-state index contributed by atoms with van der Waals surface area (Å²) in [6.45, 7) is 1.83. The van der Waals surface area contributed by atoms with E-state index in [4.69, 9.17) is 0 Å². The highest BCUT2D eigenvalue weighted by molar-refractivity contribution is 6.06. The minimum Gasteiger partial charge on any atom is -0.322 e. The molecule has 0 aliphatic carbocycles. The van der Waals surface area contributed by atoms with E-state index in [-0.39, 0.29) is 5.91 Å². The number of para-hydroxylation sites is 1. The number of anilines is 1.